The maximum absolute atomic E-state index is 11.6. The third kappa shape index (κ3) is 3.42. The highest BCUT2D eigenvalue weighted by molar-refractivity contribution is 5.66. The molecule has 3 nitrogen and oxygen atoms in total. The number of hydrogen-bond donors (Lipinski definition) is 0. The Balaban J connectivity index is 1.30. The molecule has 0 aromatic heterocycles. The van der Waals surface area contributed by atoms with E-state index in [0.29, 0.717) is 11.5 Å². The van der Waals surface area contributed by atoms with Crippen LogP contribution in [0.3, 0.4) is 0 Å². The molecule has 4 aliphatic carbocycles. The molecule has 1 spiro atoms. The lowest BCUT2D eigenvalue weighted by atomic mass is 9.44. The molecule has 1 heterocycles. The van der Waals surface area contributed by atoms with Crippen molar-refractivity contribution in [1.29, 1.82) is 0 Å². The van der Waals surface area contributed by atoms with Crippen LogP contribution in [0, 0.1) is 46.3 Å². The number of fused-ring (bicyclic) bond motifs is 4. The van der Waals surface area contributed by atoms with Gasteiger partial charge in [0.05, 0.1) is 6.10 Å². The highest BCUT2D eigenvalue weighted by Crippen LogP contribution is 2.74. The van der Waals surface area contributed by atoms with E-state index in [0.717, 1.165) is 48.3 Å². The molecular weight excluding hydrogens is 396 g/mol. The van der Waals surface area contributed by atoms with Gasteiger partial charge in [-0.1, -0.05) is 53.9 Å². The zero-order valence-electron chi connectivity index (χ0n) is 21.6. The number of rotatable bonds is 6. The van der Waals surface area contributed by atoms with Gasteiger partial charge >= 0.3 is 5.97 Å². The first-order valence-electron chi connectivity index (χ1n) is 14.0. The predicted molar refractivity (Wildman–Crippen MR) is 128 cm³/mol. The van der Waals surface area contributed by atoms with Crippen LogP contribution in [-0.2, 0) is 14.3 Å². The number of carbonyl (C=O) groups excluding carboxylic acids is 1. The van der Waals surface area contributed by atoms with Crippen molar-refractivity contribution in [3.05, 3.63) is 0 Å². The molecule has 182 valence electrons. The highest BCUT2D eigenvalue weighted by Gasteiger charge is 2.76. The van der Waals surface area contributed by atoms with Gasteiger partial charge in [0.25, 0.3) is 0 Å². The topological polar surface area (TPSA) is 38.8 Å². The van der Waals surface area contributed by atoms with Gasteiger partial charge in [-0.2, -0.15) is 0 Å². The fourth-order valence-corrected chi connectivity index (χ4v) is 10.00. The van der Waals surface area contributed by atoms with E-state index < -0.39 is 0 Å². The summed E-state index contributed by atoms with van der Waals surface area (Å²) < 4.78 is 12.3. The van der Waals surface area contributed by atoms with Gasteiger partial charge in [-0.15, -0.1) is 0 Å². The van der Waals surface area contributed by atoms with Crippen molar-refractivity contribution in [3.8, 4) is 0 Å². The molecule has 5 fully saturated rings. The van der Waals surface area contributed by atoms with E-state index in [1.54, 1.807) is 6.92 Å². The van der Waals surface area contributed by atoms with E-state index in [2.05, 4.69) is 34.6 Å². The van der Waals surface area contributed by atoms with Crippen molar-refractivity contribution in [3.63, 3.8) is 0 Å². The van der Waals surface area contributed by atoms with Crippen molar-refractivity contribution in [2.45, 2.75) is 130 Å². The van der Waals surface area contributed by atoms with Crippen LogP contribution in [0.15, 0.2) is 0 Å². The Morgan fingerprint density at radius 3 is 2.53 bits per heavy atom. The summed E-state index contributed by atoms with van der Waals surface area (Å²) in [6.07, 6.45) is 14.8. The average Bonchev–Trinajstić information content (AvgIpc) is 3.28. The van der Waals surface area contributed by atoms with E-state index in [-0.39, 0.29) is 23.1 Å². The average molecular weight is 445 g/mol. The summed E-state index contributed by atoms with van der Waals surface area (Å²) in [6.45, 7) is 14.1. The zero-order valence-corrected chi connectivity index (χ0v) is 21.6. The maximum atomic E-state index is 11.6. The fourth-order valence-electron chi connectivity index (χ4n) is 10.00. The van der Waals surface area contributed by atoms with Crippen LogP contribution >= 0.6 is 0 Å². The maximum Gasteiger partial charge on any atom is 0.302 e. The molecule has 0 radical (unpaired) electrons. The van der Waals surface area contributed by atoms with Crippen LogP contribution in [0.25, 0.3) is 0 Å². The minimum atomic E-state index is -0.131. The van der Waals surface area contributed by atoms with Crippen LogP contribution in [0.2, 0.25) is 0 Å². The van der Waals surface area contributed by atoms with Crippen molar-refractivity contribution in [1.82, 2.24) is 0 Å². The Morgan fingerprint density at radius 2 is 1.81 bits per heavy atom. The van der Waals surface area contributed by atoms with Gasteiger partial charge in [0.2, 0.25) is 0 Å². The largest absolute Gasteiger partial charge is 0.462 e. The second-order valence-electron chi connectivity index (χ2n) is 13.5. The Labute approximate surface area is 196 Å². The third-order valence-corrected chi connectivity index (χ3v) is 11.6. The van der Waals surface area contributed by atoms with Gasteiger partial charge in [-0.05, 0) is 85.9 Å². The first kappa shape index (κ1) is 23.2. The van der Waals surface area contributed by atoms with Crippen LogP contribution in [-0.4, -0.2) is 23.8 Å². The van der Waals surface area contributed by atoms with Gasteiger partial charge in [0.15, 0.2) is 0 Å². The van der Waals surface area contributed by atoms with E-state index in [1.807, 2.05) is 0 Å². The van der Waals surface area contributed by atoms with Crippen molar-refractivity contribution in [2.75, 3.05) is 0 Å². The third-order valence-electron chi connectivity index (χ3n) is 11.6. The lowest BCUT2D eigenvalue weighted by molar-refractivity contribution is -0.157. The van der Waals surface area contributed by atoms with Crippen molar-refractivity contribution in [2.24, 2.45) is 46.3 Å². The first-order chi connectivity index (χ1) is 15.1. The lowest BCUT2D eigenvalue weighted by Gasteiger charge is -2.59. The molecule has 0 N–H and O–H groups in total. The molecule has 1 saturated heterocycles. The fraction of sp³-hybridized carbons (Fsp3) is 0.966. The summed E-state index contributed by atoms with van der Waals surface area (Å²) in [5.41, 5.74) is 0.820. The van der Waals surface area contributed by atoms with Crippen LogP contribution in [0.5, 0.6) is 0 Å². The van der Waals surface area contributed by atoms with E-state index in [4.69, 9.17) is 9.47 Å². The van der Waals surface area contributed by atoms with Gasteiger partial charge < -0.3 is 9.47 Å². The van der Waals surface area contributed by atoms with Gasteiger partial charge in [0.1, 0.15) is 11.7 Å². The summed E-state index contributed by atoms with van der Waals surface area (Å²) in [5, 5.41) is 0. The van der Waals surface area contributed by atoms with Crippen molar-refractivity contribution < 1.29 is 14.3 Å². The van der Waals surface area contributed by atoms with E-state index in [1.165, 1.54) is 57.8 Å². The number of carbonyl (C=O) groups is 1. The molecule has 0 aromatic rings. The molecule has 3 heteroatoms. The van der Waals surface area contributed by atoms with E-state index in [9.17, 15) is 4.79 Å². The minimum absolute atomic E-state index is 0.00240. The number of epoxide rings is 1. The standard InChI is InChI=1S/C29H48O3/c1-18(2)8-7-9-19(3)23-10-11-24-22-16-26-29(32-26)17-21(31-20(4)30)12-15-28(29,6)25(22)13-14-27(23,24)5/h18-19,21-26H,7-17H2,1-6H3/t19-,21+,22-,23+,24-,25-,26+,27-,28-,29+/m1/s1. The smallest absolute Gasteiger partial charge is 0.302 e. The lowest BCUT2D eigenvalue weighted by Crippen LogP contribution is -2.59. The first-order valence-corrected chi connectivity index (χ1v) is 14.0. The van der Waals surface area contributed by atoms with Gasteiger partial charge in [-0.3, -0.25) is 4.79 Å². The SMILES string of the molecule is CC(=O)O[C@H]1CC[C@]2(C)[C@@H]3CC[C@@]4(C)[C@H](CC[C@H]4[C@H](C)CCCC(C)C)[C@H]3C[C@@H]3O[C@@]32C1. The van der Waals surface area contributed by atoms with Crippen LogP contribution in [0.4, 0.5) is 0 Å². The molecule has 0 unspecified atom stereocenters. The molecule has 10 atom stereocenters. The molecule has 1 aliphatic heterocycles. The normalized spacial score (nSPS) is 50.1. The van der Waals surface area contributed by atoms with Crippen molar-refractivity contribution >= 4 is 5.97 Å². The number of esters is 1. The number of ether oxygens (including phenoxy) is 2. The Bertz CT molecular complexity index is 732. The zero-order chi connectivity index (χ0) is 22.9. The van der Waals surface area contributed by atoms with E-state index >= 15 is 0 Å². The second-order valence-corrected chi connectivity index (χ2v) is 13.5. The van der Waals surface area contributed by atoms with Crippen LogP contribution < -0.4 is 0 Å². The molecule has 0 aromatic carbocycles. The molecule has 0 bridgehead atoms. The monoisotopic (exact) mass is 444 g/mol. The summed E-state index contributed by atoms with van der Waals surface area (Å²) in [7, 11) is 0. The Kier molecular flexibility index (Phi) is 5.79. The number of hydrogen-bond acceptors (Lipinski definition) is 3. The second kappa shape index (κ2) is 7.99. The highest BCUT2D eigenvalue weighted by atomic mass is 16.6. The van der Waals surface area contributed by atoms with Gasteiger partial charge in [-0.25, -0.2) is 0 Å². The Hall–Kier alpha value is -0.570. The van der Waals surface area contributed by atoms with Gasteiger partial charge in [0, 0.05) is 18.8 Å². The summed E-state index contributed by atoms with van der Waals surface area (Å²) in [4.78, 5) is 11.6. The molecular formula is C29H48O3. The molecule has 5 rings (SSSR count). The molecule has 4 saturated carbocycles. The summed E-state index contributed by atoms with van der Waals surface area (Å²) >= 11 is 0. The molecule has 32 heavy (non-hydrogen) atoms. The Morgan fingerprint density at radius 1 is 1.03 bits per heavy atom. The minimum Gasteiger partial charge on any atom is -0.462 e. The summed E-state index contributed by atoms with van der Waals surface area (Å²) in [6, 6.07) is 0. The van der Waals surface area contributed by atoms with Crippen LogP contribution in [0.1, 0.15) is 112 Å². The quantitative estimate of drug-likeness (QED) is 0.322. The summed E-state index contributed by atoms with van der Waals surface area (Å²) in [5.74, 6) is 5.03. The predicted octanol–water partition coefficient (Wildman–Crippen LogP) is 7.17. The molecule has 0 amide bonds. The molecule has 5 aliphatic rings.